The van der Waals surface area contributed by atoms with Crippen LogP contribution in [0.1, 0.15) is 52.0 Å². The summed E-state index contributed by atoms with van der Waals surface area (Å²) in [7, 11) is 0.999. The lowest BCUT2D eigenvalue weighted by Gasteiger charge is -2.32. The molecule has 0 radical (unpaired) electrons. The molecule has 2 aromatic carbocycles. The van der Waals surface area contributed by atoms with E-state index in [1.807, 2.05) is 39.8 Å². The summed E-state index contributed by atoms with van der Waals surface area (Å²) in [6.07, 6.45) is 2.03. The minimum atomic E-state index is -0.581. The van der Waals surface area contributed by atoms with Crippen LogP contribution in [0.15, 0.2) is 24.3 Å². The van der Waals surface area contributed by atoms with Gasteiger partial charge in [-0.2, -0.15) is 0 Å². The maximum absolute atomic E-state index is 14.8. The van der Waals surface area contributed by atoms with Crippen LogP contribution in [0, 0.1) is 5.82 Å². The van der Waals surface area contributed by atoms with Crippen LogP contribution in [0.4, 0.5) is 4.39 Å². The highest BCUT2D eigenvalue weighted by Crippen LogP contribution is 2.45. The number of halogens is 1. The second-order valence-electron chi connectivity index (χ2n) is 8.49. The standard InChI is InChI=1S/C21H26BFO4/c1-20(2)21(3,4)27-22(26-20)16-11-15(25-12-24-5)10-14-8-9-17(23)19(18(14)16)13-6-7-13/h8-11,13H,6-7,12H2,1-5H3. The smallest absolute Gasteiger partial charge is 0.468 e. The lowest BCUT2D eigenvalue weighted by Crippen LogP contribution is -2.41. The van der Waals surface area contributed by atoms with Crippen molar-refractivity contribution in [2.75, 3.05) is 13.9 Å². The van der Waals surface area contributed by atoms with Gasteiger partial charge in [-0.3, -0.25) is 0 Å². The Morgan fingerprint density at radius 3 is 2.37 bits per heavy atom. The molecule has 1 saturated heterocycles. The summed E-state index contributed by atoms with van der Waals surface area (Å²) in [5.74, 6) is 0.761. The van der Waals surface area contributed by atoms with Crippen molar-refractivity contribution in [3.8, 4) is 5.75 Å². The fraction of sp³-hybridized carbons (Fsp3) is 0.524. The number of ether oxygens (including phenoxy) is 2. The van der Waals surface area contributed by atoms with Crippen molar-refractivity contribution in [2.45, 2.75) is 57.7 Å². The number of fused-ring (bicyclic) bond motifs is 1. The van der Waals surface area contributed by atoms with Crippen LogP contribution in [0.25, 0.3) is 10.8 Å². The molecule has 2 fully saturated rings. The first-order valence-corrected chi connectivity index (χ1v) is 9.47. The molecule has 27 heavy (non-hydrogen) atoms. The zero-order chi connectivity index (χ0) is 19.4. The van der Waals surface area contributed by atoms with E-state index in [1.165, 1.54) is 0 Å². The molecule has 0 atom stereocenters. The van der Waals surface area contributed by atoms with Crippen molar-refractivity contribution >= 4 is 23.4 Å². The van der Waals surface area contributed by atoms with Gasteiger partial charge in [0.05, 0.1) is 11.2 Å². The second kappa shape index (κ2) is 6.47. The Labute approximate surface area is 160 Å². The molecular formula is C21H26BFO4. The number of hydrogen-bond donors (Lipinski definition) is 0. The Morgan fingerprint density at radius 1 is 1.11 bits per heavy atom. The zero-order valence-electron chi connectivity index (χ0n) is 16.6. The van der Waals surface area contributed by atoms with Gasteiger partial charge in [0.1, 0.15) is 11.6 Å². The number of hydrogen-bond acceptors (Lipinski definition) is 4. The maximum atomic E-state index is 14.8. The SMILES string of the molecule is COCOc1cc(B2OC(C)(C)C(C)(C)O2)c2c(C3CC3)c(F)ccc2c1. The third-order valence-corrected chi connectivity index (χ3v) is 5.94. The third kappa shape index (κ3) is 3.24. The molecular weight excluding hydrogens is 346 g/mol. The van der Waals surface area contributed by atoms with Crippen LogP contribution in [0.2, 0.25) is 0 Å². The molecule has 2 aromatic rings. The number of methoxy groups -OCH3 is 1. The maximum Gasteiger partial charge on any atom is 0.495 e. The fourth-order valence-electron chi connectivity index (χ4n) is 3.61. The largest absolute Gasteiger partial charge is 0.495 e. The molecule has 0 bridgehead atoms. The average molecular weight is 372 g/mol. The monoisotopic (exact) mass is 372 g/mol. The Bertz CT molecular complexity index is 860. The molecule has 0 N–H and O–H groups in total. The first kappa shape index (κ1) is 18.7. The summed E-state index contributed by atoms with van der Waals surface area (Å²) in [6, 6.07) is 7.16. The summed E-state index contributed by atoms with van der Waals surface area (Å²) in [5, 5.41) is 1.82. The molecule has 144 valence electrons. The van der Waals surface area contributed by atoms with Gasteiger partial charge in [-0.05, 0) is 86.5 Å². The Balaban J connectivity index is 1.89. The minimum absolute atomic E-state index is 0.144. The van der Waals surface area contributed by atoms with Crippen LogP contribution < -0.4 is 10.2 Å². The fourth-order valence-corrected chi connectivity index (χ4v) is 3.61. The highest BCUT2D eigenvalue weighted by Gasteiger charge is 2.52. The molecule has 0 spiro atoms. The lowest BCUT2D eigenvalue weighted by molar-refractivity contribution is 0.00578. The summed E-state index contributed by atoms with van der Waals surface area (Å²) in [4.78, 5) is 0. The first-order valence-electron chi connectivity index (χ1n) is 9.47. The average Bonchev–Trinajstić information content (AvgIpc) is 3.39. The highest BCUT2D eigenvalue weighted by atomic mass is 19.1. The molecule has 1 saturated carbocycles. The van der Waals surface area contributed by atoms with Crippen LogP contribution in [-0.4, -0.2) is 32.2 Å². The second-order valence-corrected chi connectivity index (χ2v) is 8.49. The molecule has 4 nitrogen and oxygen atoms in total. The van der Waals surface area contributed by atoms with E-state index in [4.69, 9.17) is 18.8 Å². The first-order chi connectivity index (χ1) is 12.7. The lowest BCUT2D eigenvalue weighted by atomic mass is 9.74. The van der Waals surface area contributed by atoms with Gasteiger partial charge in [-0.25, -0.2) is 4.39 Å². The van der Waals surface area contributed by atoms with Crippen LogP contribution in [0.3, 0.4) is 0 Å². The Kier molecular flexibility index (Phi) is 4.49. The van der Waals surface area contributed by atoms with Gasteiger partial charge in [0, 0.05) is 7.11 Å². The molecule has 2 aliphatic rings. The summed E-state index contributed by atoms with van der Waals surface area (Å²) >= 11 is 0. The highest BCUT2D eigenvalue weighted by molar-refractivity contribution is 6.65. The van der Waals surface area contributed by atoms with Crippen molar-refractivity contribution in [3.63, 3.8) is 0 Å². The van der Waals surface area contributed by atoms with Crippen molar-refractivity contribution in [2.24, 2.45) is 0 Å². The molecule has 0 amide bonds. The molecule has 1 aliphatic carbocycles. The minimum Gasteiger partial charge on any atom is -0.468 e. The predicted octanol–water partition coefficient (Wildman–Crippen LogP) is 4.14. The van der Waals surface area contributed by atoms with Crippen molar-refractivity contribution < 1.29 is 23.2 Å². The molecule has 1 aliphatic heterocycles. The van der Waals surface area contributed by atoms with Gasteiger partial charge in [0.15, 0.2) is 6.79 Å². The van der Waals surface area contributed by atoms with Gasteiger partial charge >= 0.3 is 7.12 Å². The van der Waals surface area contributed by atoms with Crippen LogP contribution in [0.5, 0.6) is 5.75 Å². The van der Waals surface area contributed by atoms with E-state index >= 15 is 0 Å². The summed E-state index contributed by atoms with van der Waals surface area (Å²) in [5.41, 5.74) is 0.648. The predicted molar refractivity (Wildman–Crippen MR) is 104 cm³/mol. The quantitative estimate of drug-likeness (QED) is 0.584. The van der Waals surface area contributed by atoms with Crippen molar-refractivity contribution in [1.82, 2.24) is 0 Å². The van der Waals surface area contributed by atoms with E-state index in [2.05, 4.69) is 0 Å². The van der Waals surface area contributed by atoms with Gasteiger partial charge in [0.25, 0.3) is 0 Å². The van der Waals surface area contributed by atoms with Crippen LogP contribution >= 0.6 is 0 Å². The number of rotatable bonds is 5. The third-order valence-electron chi connectivity index (χ3n) is 5.94. The van der Waals surface area contributed by atoms with E-state index in [0.717, 1.165) is 34.6 Å². The van der Waals surface area contributed by atoms with E-state index in [0.29, 0.717) is 5.75 Å². The molecule has 1 heterocycles. The summed E-state index contributed by atoms with van der Waals surface area (Å²) in [6.45, 7) is 8.21. The Hall–Kier alpha value is -1.63. The molecule has 6 heteroatoms. The normalized spacial score (nSPS) is 21.0. The topological polar surface area (TPSA) is 36.9 Å². The molecule has 0 unspecified atom stereocenters. The summed E-state index contributed by atoms with van der Waals surface area (Å²) < 4.78 is 38.0. The molecule has 0 aromatic heterocycles. The number of benzene rings is 2. The van der Waals surface area contributed by atoms with E-state index in [-0.39, 0.29) is 18.5 Å². The van der Waals surface area contributed by atoms with Crippen molar-refractivity contribution in [1.29, 1.82) is 0 Å². The van der Waals surface area contributed by atoms with Gasteiger partial charge < -0.3 is 18.8 Å². The van der Waals surface area contributed by atoms with E-state index in [1.54, 1.807) is 19.2 Å². The van der Waals surface area contributed by atoms with Gasteiger partial charge in [-0.1, -0.05) is 6.07 Å². The Morgan fingerprint density at radius 2 is 1.78 bits per heavy atom. The zero-order valence-corrected chi connectivity index (χ0v) is 16.6. The van der Waals surface area contributed by atoms with Crippen LogP contribution in [-0.2, 0) is 14.0 Å². The van der Waals surface area contributed by atoms with E-state index < -0.39 is 18.3 Å². The van der Waals surface area contributed by atoms with Crippen molar-refractivity contribution in [3.05, 3.63) is 35.6 Å². The van der Waals surface area contributed by atoms with Gasteiger partial charge in [0.2, 0.25) is 0 Å². The molecule has 4 rings (SSSR count). The van der Waals surface area contributed by atoms with Gasteiger partial charge in [-0.15, -0.1) is 0 Å². The van der Waals surface area contributed by atoms with E-state index in [9.17, 15) is 4.39 Å².